The lowest BCUT2D eigenvalue weighted by molar-refractivity contribution is 0.0950. The summed E-state index contributed by atoms with van der Waals surface area (Å²) < 4.78 is 28.2. The number of amides is 1. The van der Waals surface area contributed by atoms with E-state index in [-0.39, 0.29) is 17.3 Å². The number of hydrogen-bond donors (Lipinski definition) is 1. The smallest absolute Gasteiger partial charge is 0.251 e. The fourth-order valence-corrected chi connectivity index (χ4v) is 5.16. The fraction of sp³-hybridized carbons (Fsp3) is 0.278. The van der Waals surface area contributed by atoms with Crippen LogP contribution in [0.2, 0.25) is 0 Å². The molecular formula is C18H19N5O3S2. The van der Waals surface area contributed by atoms with E-state index in [0.29, 0.717) is 24.3 Å². The van der Waals surface area contributed by atoms with Crippen molar-refractivity contribution in [1.82, 2.24) is 24.6 Å². The standard InChI is InChI=1S/C18H19N5O3S2/c24-18(19-11-15-12-23(21-20-15)16-7-10-27-13-16)14-3-5-17(6-4-14)28(25,26)22-8-1-2-9-22/h3-7,10,12-13H,1-2,8-9,11H2,(H,19,24). The summed E-state index contributed by atoms with van der Waals surface area (Å²) >= 11 is 1.57. The molecule has 1 amide bonds. The number of aromatic nitrogens is 3. The lowest BCUT2D eigenvalue weighted by Gasteiger charge is -2.15. The highest BCUT2D eigenvalue weighted by molar-refractivity contribution is 7.89. The molecule has 4 rings (SSSR count). The lowest BCUT2D eigenvalue weighted by Crippen LogP contribution is -2.28. The minimum absolute atomic E-state index is 0.213. The molecule has 1 N–H and O–H groups in total. The molecule has 28 heavy (non-hydrogen) atoms. The van der Waals surface area contributed by atoms with Crippen molar-refractivity contribution in [3.05, 3.63) is 58.5 Å². The third-order valence-electron chi connectivity index (χ3n) is 4.56. The van der Waals surface area contributed by atoms with Crippen molar-refractivity contribution < 1.29 is 13.2 Å². The van der Waals surface area contributed by atoms with Crippen LogP contribution in [0.1, 0.15) is 28.9 Å². The summed E-state index contributed by atoms with van der Waals surface area (Å²) in [7, 11) is -3.47. The van der Waals surface area contributed by atoms with Crippen LogP contribution in [0, 0.1) is 0 Å². The molecule has 1 aromatic carbocycles. The maximum Gasteiger partial charge on any atom is 0.251 e. The summed E-state index contributed by atoms with van der Waals surface area (Å²) in [5.74, 6) is -0.296. The van der Waals surface area contributed by atoms with E-state index in [2.05, 4.69) is 15.6 Å². The summed E-state index contributed by atoms with van der Waals surface area (Å²) in [4.78, 5) is 12.6. The minimum atomic E-state index is -3.47. The van der Waals surface area contributed by atoms with Gasteiger partial charge < -0.3 is 5.32 Å². The normalized spacial score (nSPS) is 15.0. The SMILES string of the molecule is O=C(NCc1cn(-c2ccsc2)nn1)c1ccc(S(=O)(=O)N2CCCC2)cc1. The maximum absolute atomic E-state index is 12.5. The van der Waals surface area contributed by atoms with Gasteiger partial charge in [-0.1, -0.05) is 5.21 Å². The first-order valence-electron chi connectivity index (χ1n) is 8.86. The Labute approximate surface area is 166 Å². The number of benzene rings is 1. The van der Waals surface area contributed by atoms with Crippen molar-refractivity contribution in [2.75, 3.05) is 13.1 Å². The maximum atomic E-state index is 12.5. The zero-order valence-electron chi connectivity index (χ0n) is 15.0. The molecule has 0 radical (unpaired) electrons. The number of sulfonamides is 1. The first-order valence-corrected chi connectivity index (χ1v) is 11.2. The number of hydrogen-bond acceptors (Lipinski definition) is 6. The molecule has 8 nitrogen and oxygen atoms in total. The third-order valence-corrected chi connectivity index (χ3v) is 7.14. The molecular weight excluding hydrogens is 398 g/mol. The van der Waals surface area contributed by atoms with Crippen LogP contribution in [0.25, 0.3) is 5.69 Å². The average molecular weight is 418 g/mol. The molecule has 146 valence electrons. The highest BCUT2D eigenvalue weighted by Gasteiger charge is 2.27. The Bertz CT molecular complexity index is 1050. The fourth-order valence-electron chi connectivity index (χ4n) is 3.02. The van der Waals surface area contributed by atoms with Crippen molar-refractivity contribution in [1.29, 1.82) is 0 Å². The van der Waals surface area contributed by atoms with Gasteiger partial charge in [0, 0.05) is 24.0 Å². The second-order valence-electron chi connectivity index (χ2n) is 6.45. The first kappa shape index (κ1) is 18.8. The van der Waals surface area contributed by atoms with Gasteiger partial charge >= 0.3 is 0 Å². The predicted octanol–water partition coefficient (Wildman–Crippen LogP) is 2.04. The molecule has 0 saturated carbocycles. The Morgan fingerprint density at radius 3 is 2.57 bits per heavy atom. The number of thiophene rings is 1. The highest BCUT2D eigenvalue weighted by Crippen LogP contribution is 2.21. The van der Waals surface area contributed by atoms with E-state index in [1.165, 1.54) is 28.6 Å². The molecule has 2 aromatic heterocycles. The zero-order valence-corrected chi connectivity index (χ0v) is 16.6. The second kappa shape index (κ2) is 7.82. The molecule has 1 saturated heterocycles. The van der Waals surface area contributed by atoms with Gasteiger partial charge in [0.05, 0.1) is 23.3 Å². The Kier molecular flexibility index (Phi) is 5.25. The molecule has 1 aliphatic rings. The van der Waals surface area contributed by atoms with Crippen LogP contribution in [0.15, 0.2) is 52.2 Å². The van der Waals surface area contributed by atoms with Gasteiger partial charge in [0.1, 0.15) is 5.69 Å². The van der Waals surface area contributed by atoms with Gasteiger partial charge in [-0.05, 0) is 48.6 Å². The molecule has 0 spiro atoms. The van der Waals surface area contributed by atoms with Crippen molar-refractivity contribution in [3.8, 4) is 5.69 Å². The summed E-state index contributed by atoms with van der Waals surface area (Å²) in [6.45, 7) is 1.34. The Hall–Kier alpha value is -2.56. The van der Waals surface area contributed by atoms with Crippen LogP contribution in [0.3, 0.4) is 0 Å². The van der Waals surface area contributed by atoms with Crippen LogP contribution in [-0.2, 0) is 16.6 Å². The van der Waals surface area contributed by atoms with Crippen LogP contribution in [0.4, 0.5) is 0 Å². The predicted molar refractivity (Wildman–Crippen MR) is 105 cm³/mol. The minimum Gasteiger partial charge on any atom is -0.346 e. The van der Waals surface area contributed by atoms with E-state index in [0.717, 1.165) is 18.5 Å². The zero-order chi connectivity index (χ0) is 19.6. The quantitative estimate of drug-likeness (QED) is 0.662. The van der Waals surface area contributed by atoms with Crippen molar-refractivity contribution >= 4 is 27.3 Å². The van der Waals surface area contributed by atoms with Gasteiger partial charge in [0.2, 0.25) is 10.0 Å². The highest BCUT2D eigenvalue weighted by atomic mass is 32.2. The molecule has 0 bridgehead atoms. The number of carbonyl (C=O) groups excluding carboxylic acids is 1. The first-order chi connectivity index (χ1) is 13.5. The monoisotopic (exact) mass is 417 g/mol. The van der Waals surface area contributed by atoms with Crippen LogP contribution >= 0.6 is 11.3 Å². The Morgan fingerprint density at radius 2 is 1.89 bits per heavy atom. The molecule has 1 fully saturated rings. The molecule has 1 aliphatic heterocycles. The average Bonchev–Trinajstić information content (AvgIpc) is 3.48. The van der Waals surface area contributed by atoms with E-state index in [1.807, 2.05) is 16.8 Å². The lowest BCUT2D eigenvalue weighted by atomic mass is 10.2. The van der Waals surface area contributed by atoms with Crippen LogP contribution in [0.5, 0.6) is 0 Å². The molecule has 3 aromatic rings. The topological polar surface area (TPSA) is 97.2 Å². The van der Waals surface area contributed by atoms with E-state index in [4.69, 9.17) is 0 Å². The summed E-state index contributed by atoms with van der Waals surface area (Å²) in [6.07, 6.45) is 3.53. The number of rotatable bonds is 6. The molecule has 3 heterocycles. The van der Waals surface area contributed by atoms with Gasteiger partial charge in [-0.15, -0.1) is 5.10 Å². The largest absolute Gasteiger partial charge is 0.346 e. The second-order valence-corrected chi connectivity index (χ2v) is 9.17. The van der Waals surface area contributed by atoms with Crippen LogP contribution in [-0.4, -0.2) is 46.7 Å². The Morgan fingerprint density at radius 1 is 1.14 bits per heavy atom. The summed E-state index contributed by atoms with van der Waals surface area (Å²) in [5, 5.41) is 14.8. The molecule has 0 aliphatic carbocycles. The number of carbonyl (C=O) groups is 1. The number of nitrogens with one attached hydrogen (secondary N) is 1. The van der Waals surface area contributed by atoms with Gasteiger partial charge in [0.25, 0.3) is 5.91 Å². The van der Waals surface area contributed by atoms with E-state index in [1.54, 1.807) is 22.2 Å². The molecule has 0 atom stereocenters. The van der Waals surface area contributed by atoms with Crippen molar-refractivity contribution in [3.63, 3.8) is 0 Å². The Balaban J connectivity index is 1.39. The number of nitrogens with zero attached hydrogens (tertiary/aromatic N) is 4. The molecule has 10 heteroatoms. The summed E-state index contributed by atoms with van der Waals surface area (Å²) in [6, 6.07) is 7.95. The van der Waals surface area contributed by atoms with Gasteiger partial charge in [-0.3, -0.25) is 4.79 Å². The van der Waals surface area contributed by atoms with Crippen molar-refractivity contribution in [2.45, 2.75) is 24.3 Å². The summed E-state index contributed by atoms with van der Waals surface area (Å²) in [5.41, 5.74) is 1.95. The van der Waals surface area contributed by atoms with Gasteiger partial charge in [0.15, 0.2) is 0 Å². The molecule has 0 unspecified atom stereocenters. The van der Waals surface area contributed by atoms with Crippen molar-refractivity contribution in [2.24, 2.45) is 0 Å². The van der Waals surface area contributed by atoms with Crippen LogP contribution < -0.4 is 5.32 Å². The van der Waals surface area contributed by atoms with E-state index < -0.39 is 10.0 Å². The van der Waals surface area contributed by atoms with E-state index >= 15 is 0 Å². The van der Waals surface area contributed by atoms with Gasteiger partial charge in [-0.2, -0.15) is 15.6 Å². The third kappa shape index (κ3) is 3.84. The van der Waals surface area contributed by atoms with Gasteiger partial charge in [-0.25, -0.2) is 13.1 Å². The van der Waals surface area contributed by atoms with E-state index in [9.17, 15) is 13.2 Å².